The molecule has 0 bridgehead atoms. The minimum Gasteiger partial charge on any atom is -0.0837 e. The second-order valence-corrected chi connectivity index (χ2v) is 7.26. The quantitative estimate of drug-likeness (QED) is 0.260. The third-order valence-corrected chi connectivity index (χ3v) is 5.65. The van der Waals surface area contributed by atoms with Crippen LogP contribution in [0.25, 0.3) is 43.4 Å². The molecule has 0 amide bonds. The number of hydrogen-bond acceptors (Lipinski definition) is 0. The Balaban J connectivity index is 2.06. The first-order valence-electron chi connectivity index (χ1n) is 8.51. The van der Waals surface area contributed by atoms with E-state index in [1.54, 1.807) is 0 Å². The summed E-state index contributed by atoms with van der Waals surface area (Å²) in [5.41, 5.74) is 2.38. The highest BCUT2D eigenvalue weighted by Crippen LogP contribution is 2.42. The smallest absolute Gasteiger partial charge is 0.0484 e. The molecule has 0 nitrogen and oxygen atoms in total. The fraction of sp³-hybridized carbons (Fsp3) is 0. The molecule has 5 rings (SSSR count). The molecule has 0 unspecified atom stereocenters. The van der Waals surface area contributed by atoms with Gasteiger partial charge in [-0.1, -0.05) is 89.9 Å². The van der Waals surface area contributed by atoms with Crippen molar-refractivity contribution in [2.45, 2.75) is 0 Å². The standard InChI is InChI=1S/C24H14Cl2/c25-22-12-4-10-18-20(22)14-21-19(11-5-13-23(21)26)24(18)17-9-3-7-15-6-1-2-8-16(15)17/h1-14H. The summed E-state index contributed by atoms with van der Waals surface area (Å²) in [6.07, 6.45) is 0. The minimum absolute atomic E-state index is 0.741. The molecule has 2 heteroatoms. The van der Waals surface area contributed by atoms with E-state index in [0.29, 0.717) is 0 Å². The lowest BCUT2D eigenvalue weighted by molar-refractivity contribution is 1.70. The Kier molecular flexibility index (Phi) is 3.63. The molecular weight excluding hydrogens is 359 g/mol. The van der Waals surface area contributed by atoms with Gasteiger partial charge in [-0.25, -0.2) is 0 Å². The van der Waals surface area contributed by atoms with E-state index >= 15 is 0 Å². The van der Waals surface area contributed by atoms with Gasteiger partial charge in [-0.2, -0.15) is 0 Å². The van der Waals surface area contributed by atoms with Gasteiger partial charge in [0.1, 0.15) is 0 Å². The van der Waals surface area contributed by atoms with E-state index in [2.05, 4.69) is 60.7 Å². The van der Waals surface area contributed by atoms with E-state index < -0.39 is 0 Å². The van der Waals surface area contributed by atoms with Crippen LogP contribution in [0.1, 0.15) is 0 Å². The Hall–Kier alpha value is -2.54. The van der Waals surface area contributed by atoms with E-state index in [1.807, 2.05) is 24.3 Å². The van der Waals surface area contributed by atoms with Crippen LogP contribution in [0.2, 0.25) is 10.0 Å². The van der Waals surface area contributed by atoms with Gasteiger partial charge >= 0.3 is 0 Å². The molecule has 0 aromatic heterocycles. The second kappa shape index (κ2) is 6.02. The van der Waals surface area contributed by atoms with Crippen molar-refractivity contribution in [1.29, 1.82) is 0 Å². The highest BCUT2D eigenvalue weighted by molar-refractivity contribution is 6.39. The fourth-order valence-electron chi connectivity index (χ4n) is 3.83. The number of benzene rings is 5. The van der Waals surface area contributed by atoms with Crippen LogP contribution in [0.15, 0.2) is 84.9 Å². The lowest BCUT2D eigenvalue weighted by Gasteiger charge is -2.15. The maximum absolute atomic E-state index is 6.54. The van der Waals surface area contributed by atoms with Gasteiger partial charge in [-0.3, -0.25) is 0 Å². The Labute approximate surface area is 161 Å². The monoisotopic (exact) mass is 372 g/mol. The van der Waals surface area contributed by atoms with E-state index in [9.17, 15) is 0 Å². The Morgan fingerprint density at radius 1 is 0.462 bits per heavy atom. The molecule has 0 atom stereocenters. The summed E-state index contributed by atoms with van der Waals surface area (Å²) in [6.45, 7) is 0. The summed E-state index contributed by atoms with van der Waals surface area (Å²) < 4.78 is 0. The average Bonchev–Trinajstić information content (AvgIpc) is 2.67. The van der Waals surface area contributed by atoms with Gasteiger partial charge in [0.2, 0.25) is 0 Å². The average molecular weight is 373 g/mol. The normalized spacial score (nSPS) is 11.5. The fourth-order valence-corrected chi connectivity index (χ4v) is 4.28. The molecule has 0 saturated carbocycles. The van der Waals surface area contributed by atoms with Crippen molar-refractivity contribution < 1.29 is 0 Å². The zero-order chi connectivity index (χ0) is 17.7. The van der Waals surface area contributed by atoms with Gasteiger partial charge in [-0.15, -0.1) is 0 Å². The number of halogens is 2. The van der Waals surface area contributed by atoms with Crippen LogP contribution < -0.4 is 0 Å². The maximum atomic E-state index is 6.54. The van der Waals surface area contributed by atoms with Crippen molar-refractivity contribution in [3.63, 3.8) is 0 Å². The van der Waals surface area contributed by atoms with Crippen molar-refractivity contribution >= 4 is 55.5 Å². The zero-order valence-corrected chi connectivity index (χ0v) is 15.4. The molecular formula is C24H14Cl2. The van der Waals surface area contributed by atoms with E-state index in [0.717, 1.165) is 31.6 Å². The van der Waals surface area contributed by atoms with Crippen molar-refractivity contribution in [3.8, 4) is 11.1 Å². The van der Waals surface area contributed by atoms with E-state index in [4.69, 9.17) is 23.2 Å². The molecule has 5 aromatic rings. The van der Waals surface area contributed by atoms with Crippen molar-refractivity contribution in [2.24, 2.45) is 0 Å². The Morgan fingerprint density at radius 2 is 1.00 bits per heavy atom. The van der Waals surface area contributed by atoms with Crippen molar-refractivity contribution in [3.05, 3.63) is 95.0 Å². The molecule has 0 radical (unpaired) electrons. The molecule has 0 heterocycles. The van der Waals surface area contributed by atoms with Crippen molar-refractivity contribution in [1.82, 2.24) is 0 Å². The summed E-state index contributed by atoms with van der Waals surface area (Å²) in [5, 5.41) is 8.27. The summed E-state index contributed by atoms with van der Waals surface area (Å²) >= 11 is 13.1. The van der Waals surface area contributed by atoms with E-state index in [1.165, 1.54) is 21.9 Å². The SMILES string of the molecule is Clc1cccc2c(-c3cccc4ccccc34)c3cccc(Cl)c3cc12. The highest BCUT2D eigenvalue weighted by atomic mass is 35.5. The van der Waals surface area contributed by atoms with Crippen molar-refractivity contribution in [2.75, 3.05) is 0 Å². The number of rotatable bonds is 1. The zero-order valence-electron chi connectivity index (χ0n) is 13.8. The molecule has 0 saturated heterocycles. The minimum atomic E-state index is 0.741. The summed E-state index contributed by atoms with van der Waals surface area (Å²) in [6, 6.07) is 29.2. The van der Waals surface area contributed by atoms with Crippen LogP contribution >= 0.6 is 23.2 Å². The molecule has 0 N–H and O–H groups in total. The Bertz CT molecular complexity index is 1240. The van der Waals surface area contributed by atoms with Crippen LogP contribution in [-0.4, -0.2) is 0 Å². The molecule has 26 heavy (non-hydrogen) atoms. The number of hydrogen-bond donors (Lipinski definition) is 0. The molecule has 0 aliphatic carbocycles. The third kappa shape index (κ3) is 2.30. The lowest BCUT2D eigenvalue weighted by Crippen LogP contribution is -1.88. The predicted octanol–water partition coefficient (Wildman–Crippen LogP) is 8.12. The van der Waals surface area contributed by atoms with Crippen LogP contribution in [0.3, 0.4) is 0 Å². The largest absolute Gasteiger partial charge is 0.0837 e. The summed E-state index contributed by atoms with van der Waals surface area (Å²) in [5.74, 6) is 0. The third-order valence-electron chi connectivity index (χ3n) is 4.99. The predicted molar refractivity (Wildman–Crippen MR) is 114 cm³/mol. The van der Waals surface area contributed by atoms with Gasteiger partial charge in [0.05, 0.1) is 0 Å². The van der Waals surface area contributed by atoms with Gasteiger partial charge in [-0.05, 0) is 50.9 Å². The number of fused-ring (bicyclic) bond motifs is 3. The van der Waals surface area contributed by atoms with Crippen LogP contribution in [0.5, 0.6) is 0 Å². The van der Waals surface area contributed by atoms with Gasteiger partial charge in [0, 0.05) is 20.8 Å². The highest BCUT2D eigenvalue weighted by Gasteiger charge is 2.15. The van der Waals surface area contributed by atoms with Gasteiger partial charge < -0.3 is 0 Å². The van der Waals surface area contributed by atoms with Gasteiger partial charge in [0.15, 0.2) is 0 Å². The summed E-state index contributed by atoms with van der Waals surface area (Å²) in [7, 11) is 0. The topological polar surface area (TPSA) is 0 Å². The first-order valence-corrected chi connectivity index (χ1v) is 9.27. The molecule has 5 aromatic carbocycles. The second-order valence-electron chi connectivity index (χ2n) is 6.45. The first kappa shape index (κ1) is 15.7. The summed E-state index contributed by atoms with van der Waals surface area (Å²) in [4.78, 5) is 0. The molecule has 124 valence electrons. The molecule has 0 fully saturated rings. The molecule has 0 aliphatic rings. The van der Waals surface area contributed by atoms with Crippen LogP contribution in [-0.2, 0) is 0 Å². The van der Waals surface area contributed by atoms with E-state index in [-0.39, 0.29) is 0 Å². The Morgan fingerprint density at radius 3 is 1.69 bits per heavy atom. The van der Waals surface area contributed by atoms with Gasteiger partial charge in [0.25, 0.3) is 0 Å². The van der Waals surface area contributed by atoms with Crippen LogP contribution in [0, 0.1) is 0 Å². The lowest BCUT2D eigenvalue weighted by atomic mass is 9.89. The van der Waals surface area contributed by atoms with Crippen LogP contribution in [0.4, 0.5) is 0 Å². The molecule has 0 spiro atoms. The first-order chi connectivity index (χ1) is 12.7. The molecule has 0 aliphatic heterocycles. The maximum Gasteiger partial charge on any atom is 0.0484 e.